The molecule has 1 aliphatic heterocycles. The molecular weight excluding hydrogens is 269 g/mol. The maximum Gasteiger partial charge on any atom is 0.207 e. The molecule has 2 nitrogen and oxygen atoms in total. The summed E-state index contributed by atoms with van der Waals surface area (Å²) in [4.78, 5) is 12.1. The standard InChI is InChI=1S/C14H9Cl2NO/c15-11-4-3-9(7-12(11)16)6-10-8-17-5-1-2-13(17)14(10)18/h1-7H,8H2/b10-6+. The average molecular weight is 278 g/mol. The van der Waals surface area contributed by atoms with Crippen molar-refractivity contribution in [2.45, 2.75) is 6.54 Å². The number of halogens is 2. The molecule has 0 saturated carbocycles. The van der Waals surface area contributed by atoms with Crippen LogP contribution >= 0.6 is 23.2 Å². The summed E-state index contributed by atoms with van der Waals surface area (Å²) in [6.07, 6.45) is 3.76. The number of aromatic nitrogens is 1. The zero-order chi connectivity index (χ0) is 12.7. The SMILES string of the molecule is O=C1/C(=C/c2ccc(Cl)c(Cl)c2)Cn2cccc21. The molecule has 0 atom stereocenters. The Morgan fingerprint density at radius 1 is 1.17 bits per heavy atom. The Morgan fingerprint density at radius 2 is 2.00 bits per heavy atom. The van der Waals surface area contributed by atoms with Crippen molar-refractivity contribution in [2.24, 2.45) is 0 Å². The van der Waals surface area contributed by atoms with E-state index in [1.54, 1.807) is 12.1 Å². The van der Waals surface area contributed by atoms with Crippen LogP contribution < -0.4 is 0 Å². The van der Waals surface area contributed by atoms with Gasteiger partial charge in [0.1, 0.15) is 0 Å². The summed E-state index contributed by atoms with van der Waals surface area (Å²) in [5.41, 5.74) is 2.39. The largest absolute Gasteiger partial charge is 0.340 e. The Balaban J connectivity index is 1.97. The summed E-state index contributed by atoms with van der Waals surface area (Å²) in [5, 5.41) is 1.01. The molecule has 0 amide bonds. The second-order valence-electron chi connectivity index (χ2n) is 4.19. The molecule has 2 aromatic rings. The summed E-state index contributed by atoms with van der Waals surface area (Å²) in [6.45, 7) is 0.613. The number of Topliss-reactive ketones (excluding diaryl/α,β-unsaturated/α-hetero) is 1. The molecule has 1 aromatic heterocycles. The lowest BCUT2D eigenvalue weighted by molar-refractivity contribution is 0.103. The number of rotatable bonds is 1. The Labute approximate surface area is 114 Å². The molecule has 0 unspecified atom stereocenters. The summed E-state index contributed by atoms with van der Waals surface area (Å²) in [7, 11) is 0. The minimum atomic E-state index is 0.0751. The first-order valence-electron chi connectivity index (χ1n) is 5.50. The lowest BCUT2D eigenvalue weighted by atomic mass is 10.1. The Hall–Kier alpha value is -1.51. The van der Waals surface area contributed by atoms with E-state index in [1.165, 1.54) is 0 Å². The molecule has 1 aliphatic rings. The third kappa shape index (κ3) is 1.88. The molecular formula is C14H9Cl2NO. The predicted octanol–water partition coefficient (Wildman–Crippen LogP) is 4.07. The van der Waals surface area contributed by atoms with Crippen molar-refractivity contribution in [3.63, 3.8) is 0 Å². The van der Waals surface area contributed by atoms with Crippen LogP contribution in [0.1, 0.15) is 16.1 Å². The second kappa shape index (κ2) is 4.30. The zero-order valence-corrected chi connectivity index (χ0v) is 10.9. The van der Waals surface area contributed by atoms with Crippen molar-refractivity contribution in [3.05, 3.63) is 63.4 Å². The number of hydrogen-bond donors (Lipinski definition) is 0. The van der Waals surface area contributed by atoms with Gasteiger partial charge in [-0.2, -0.15) is 0 Å². The zero-order valence-electron chi connectivity index (χ0n) is 9.36. The van der Waals surface area contributed by atoms with Crippen molar-refractivity contribution >= 4 is 35.1 Å². The van der Waals surface area contributed by atoms with Crippen molar-refractivity contribution in [1.29, 1.82) is 0 Å². The maximum absolute atomic E-state index is 12.1. The molecule has 0 fully saturated rings. The Kier molecular flexibility index (Phi) is 2.77. The van der Waals surface area contributed by atoms with Gasteiger partial charge in [-0.25, -0.2) is 0 Å². The molecule has 0 bridgehead atoms. The van der Waals surface area contributed by atoms with Crippen molar-refractivity contribution in [1.82, 2.24) is 4.57 Å². The van der Waals surface area contributed by atoms with Gasteiger partial charge in [-0.1, -0.05) is 29.3 Å². The van der Waals surface area contributed by atoms with E-state index < -0.39 is 0 Å². The van der Waals surface area contributed by atoms with E-state index >= 15 is 0 Å². The number of allylic oxidation sites excluding steroid dienone is 1. The normalized spacial score (nSPS) is 16.3. The van der Waals surface area contributed by atoms with Gasteiger partial charge in [-0.15, -0.1) is 0 Å². The predicted molar refractivity (Wildman–Crippen MR) is 73.2 cm³/mol. The number of ketones is 1. The van der Waals surface area contributed by atoms with Gasteiger partial charge >= 0.3 is 0 Å². The van der Waals surface area contributed by atoms with Crippen LogP contribution in [0.2, 0.25) is 10.0 Å². The molecule has 3 rings (SSSR count). The average Bonchev–Trinajstić information content (AvgIpc) is 2.89. The third-order valence-electron chi connectivity index (χ3n) is 2.98. The minimum Gasteiger partial charge on any atom is -0.340 e. The smallest absolute Gasteiger partial charge is 0.207 e. The maximum atomic E-state index is 12.1. The summed E-state index contributed by atoms with van der Waals surface area (Å²) >= 11 is 11.8. The van der Waals surface area contributed by atoms with Crippen molar-refractivity contribution in [2.75, 3.05) is 0 Å². The molecule has 18 heavy (non-hydrogen) atoms. The van der Waals surface area contributed by atoms with Crippen molar-refractivity contribution < 1.29 is 4.79 Å². The monoisotopic (exact) mass is 277 g/mol. The molecule has 0 saturated heterocycles. The van der Waals surface area contributed by atoms with E-state index in [9.17, 15) is 4.79 Å². The second-order valence-corrected chi connectivity index (χ2v) is 5.01. The minimum absolute atomic E-state index is 0.0751. The highest BCUT2D eigenvalue weighted by Crippen LogP contribution is 2.26. The van der Waals surface area contributed by atoms with Gasteiger partial charge in [0.15, 0.2) is 0 Å². The van der Waals surface area contributed by atoms with E-state index in [0.717, 1.165) is 16.8 Å². The molecule has 0 aliphatic carbocycles. The topological polar surface area (TPSA) is 22.0 Å². The fourth-order valence-electron chi connectivity index (χ4n) is 2.09. The molecule has 2 heterocycles. The molecule has 90 valence electrons. The fraction of sp³-hybridized carbons (Fsp3) is 0.0714. The fourth-order valence-corrected chi connectivity index (χ4v) is 2.40. The first-order chi connectivity index (χ1) is 8.65. The number of carbonyl (C=O) groups is 1. The lowest BCUT2D eigenvalue weighted by Crippen LogP contribution is -1.94. The van der Waals surface area contributed by atoms with Crippen LogP contribution in [0, 0.1) is 0 Å². The Bertz CT molecular complexity index is 670. The van der Waals surface area contributed by atoms with E-state index in [4.69, 9.17) is 23.2 Å². The number of carbonyl (C=O) groups excluding carboxylic acids is 1. The highest BCUT2D eigenvalue weighted by atomic mass is 35.5. The highest BCUT2D eigenvalue weighted by molar-refractivity contribution is 6.42. The number of hydrogen-bond acceptors (Lipinski definition) is 1. The van der Waals surface area contributed by atoms with E-state index in [-0.39, 0.29) is 5.78 Å². The van der Waals surface area contributed by atoms with Gasteiger partial charge in [0, 0.05) is 11.8 Å². The van der Waals surface area contributed by atoms with Crippen LogP contribution in [0.5, 0.6) is 0 Å². The summed E-state index contributed by atoms with van der Waals surface area (Å²) in [5.74, 6) is 0.0751. The van der Waals surface area contributed by atoms with Crippen LogP contribution in [0.15, 0.2) is 42.1 Å². The van der Waals surface area contributed by atoms with Crippen LogP contribution in [0.3, 0.4) is 0 Å². The van der Waals surface area contributed by atoms with Crippen molar-refractivity contribution in [3.8, 4) is 0 Å². The van der Waals surface area contributed by atoms with E-state index in [0.29, 0.717) is 16.6 Å². The van der Waals surface area contributed by atoms with Gasteiger partial charge in [0.05, 0.1) is 22.3 Å². The van der Waals surface area contributed by atoms with E-state index in [1.807, 2.05) is 35.0 Å². The van der Waals surface area contributed by atoms with Gasteiger partial charge in [0.25, 0.3) is 0 Å². The van der Waals surface area contributed by atoms with Gasteiger partial charge in [0.2, 0.25) is 5.78 Å². The van der Waals surface area contributed by atoms with Crippen LogP contribution in [0.4, 0.5) is 0 Å². The van der Waals surface area contributed by atoms with Crippen LogP contribution in [-0.2, 0) is 6.54 Å². The first-order valence-corrected chi connectivity index (χ1v) is 6.26. The van der Waals surface area contributed by atoms with Gasteiger partial charge < -0.3 is 4.57 Å². The van der Waals surface area contributed by atoms with Gasteiger partial charge in [-0.05, 0) is 35.9 Å². The Morgan fingerprint density at radius 3 is 2.72 bits per heavy atom. The van der Waals surface area contributed by atoms with E-state index in [2.05, 4.69) is 0 Å². The van der Waals surface area contributed by atoms with Crippen LogP contribution in [0.25, 0.3) is 6.08 Å². The lowest BCUT2D eigenvalue weighted by Gasteiger charge is -1.99. The quantitative estimate of drug-likeness (QED) is 0.720. The summed E-state index contributed by atoms with van der Waals surface area (Å²) in [6, 6.07) is 9.05. The molecule has 1 aromatic carbocycles. The first kappa shape index (κ1) is 11.6. The molecule has 0 radical (unpaired) electrons. The number of fused-ring (bicyclic) bond motifs is 1. The van der Waals surface area contributed by atoms with Crippen LogP contribution in [-0.4, -0.2) is 10.4 Å². The number of nitrogens with zero attached hydrogens (tertiary/aromatic N) is 1. The number of benzene rings is 1. The molecule has 0 spiro atoms. The molecule has 0 N–H and O–H groups in total. The third-order valence-corrected chi connectivity index (χ3v) is 3.72. The highest BCUT2D eigenvalue weighted by Gasteiger charge is 2.23. The molecule has 4 heteroatoms. The van der Waals surface area contributed by atoms with Gasteiger partial charge in [-0.3, -0.25) is 4.79 Å². The summed E-state index contributed by atoms with van der Waals surface area (Å²) < 4.78 is 1.94.